The highest BCUT2D eigenvalue weighted by Crippen LogP contribution is 2.30. The second-order valence-electron chi connectivity index (χ2n) is 8.23. The van der Waals surface area contributed by atoms with Gasteiger partial charge in [-0.15, -0.1) is 0 Å². The van der Waals surface area contributed by atoms with Gasteiger partial charge in [0.1, 0.15) is 5.60 Å². The number of alkyl carbamates (subject to hydrolysis) is 1. The summed E-state index contributed by atoms with van der Waals surface area (Å²) in [4.78, 5) is 16.2. The molecule has 0 bridgehead atoms. The summed E-state index contributed by atoms with van der Waals surface area (Å²) in [6.07, 6.45) is -3.81. The summed E-state index contributed by atoms with van der Waals surface area (Å²) in [6, 6.07) is 0. The van der Waals surface area contributed by atoms with Crippen LogP contribution in [0.3, 0.4) is 0 Å². The van der Waals surface area contributed by atoms with Crippen LogP contribution in [0.15, 0.2) is 11.2 Å². The van der Waals surface area contributed by atoms with Crippen molar-refractivity contribution in [2.24, 2.45) is 12.0 Å². The predicted octanol–water partition coefficient (Wildman–Crippen LogP) is 2.80. The van der Waals surface area contributed by atoms with Crippen molar-refractivity contribution in [3.63, 3.8) is 0 Å². The lowest BCUT2D eigenvalue weighted by Gasteiger charge is -2.29. The van der Waals surface area contributed by atoms with Gasteiger partial charge in [-0.1, -0.05) is 0 Å². The van der Waals surface area contributed by atoms with E-state index in [-0.39, 0.29) is 18.7 Å². The summed E-state index contributed by atoms with van der Waals surface area (Å²) in [5.74, 6) is 0.323. The number of alkyl halides is 3. The van der Waals surface area contributed by atoms with Crippen LogP contribution in [0.4, 0.5) is 18.0 Å². The summed E-state index contributed by atoms with van der Waals surface area (Å²) in [7, 11) is 1.43. The molecule has 0 aliphatic heterocycles. The Labute approximate surface area is 169 Å². The van der Waals surface area contributed by atoms with Crippen molar-refractivity contribution in [3.05, 3.63) is 17.5 Å². The molecule has 1 amide bonds. The summed E-state index contributed by atoms with van der Waals surface area (Å²) < 4.78 is 45.6. The zero-order valence-corrected chi connectivity index (χ0v) is 18.0. The number of aromatic nitrogens is 2. The number of guanidine groups is 1. The van der Waals surface area contributed by atoms with E-state index in [1.807, 2.05) is 6.92 Å². The highest BCUT2D eigenvalue weighted by atomic mass is 19.4. The largest absolute Gasteiger partial charge is 0.444 e. The zero-order valence-electron chi connectivity index (χ0n) is 18.0. The number of ether oxygens (including phenoxy) is 1. The minimum absolute atomic E-state index is 0.0247. The van der Waals surface area contributed by atoms with Crippen LogP contribution in [0, 0.1) is 0 Å². The molecule has 0 aromatic carbocycles. The fourth-order valence-corrected chi connectivity index (χ4v) is 2.33. The Bertz CT molecular complexity index is 720. The van der Waals surface area contributed by atoms with Crippen LogP contribution in [0.25, 0.3) is 0 Å². The fraction of sp³-hybridized carbons (Fsp3) is 0.722. The Hall–Kier alpha value is -2.46. The molecule has 11 heteroatoms. The van der Waals surface area contributed by atoms with Gasteiger partial charge in [-0.05, 0) is 41.5 Å². The topological polar surface area (TPSA) is 92.6 Å². The average Bonchev–Trinajstić information content (AvgIpc) is 2.88. The molecule has 3 N–H and O–H groups in total. The van der Waals surface area contributed by atoms with E-state index >= 15 is 0 Å². The Kier molecular flexibility index (Phi) is 7.93. The van der Waals surface area contributed by atoms with Crippen LogP contribution in [-0.4, -0.2) is 46.1 Å². The van der Waals surface area contributed by atoms with Crippen molar-refractivity contribution in [2.45, 2.75) is 65.4 Å². The molecule has 0 atom stereocenters. The Balaban J connectivity index is 2.80. The number of carbonyl (C=O) groups is 1. The van der Waals surface area contributed by atoms with Gasteiger partial charge in [0.25, 0.3) is 0 Å². The molecule has 8 nitrogen and oxygen atoms in total. The molecule has 0 saturated heterocycles. The molecule has 0 aliphatic rings. The third kappa shape index (κ3) is 9.05. The van der Waals surface area contributed by atoms with Crippen LogP contribution in [0.1, 0.15) is 52.8 Å². The third-order valence-corrected chi connectivity index (χ3v) is 3.46. The first-order valence-corrected chi connectivity index (χ1v) is 9.26. The molecule has 0 saturated carbocycles. The van der Waals surface area contributed by atoms with Gasteiger partial charge in [-0.25, -0.2) is 9.79 Å². The number of hydrogen-bond donors (Lipinski definition) is 3. The summed E-state index contributed by atoms with van der Waals surface area (Å²) in [5.41, 5.74) is -2.29. The number of amides is 1. The highest BCUT2D eigenvalue weighted by Gasteiger charge is 2.36. The van der Waals surface area contributed by atoms with E-state index in [4.69, 9.17) is 4.74 Å². The van der Waals surface area contributed by atoms with Gasteiger partial charge >= 0.3 is 12.3 Å². The maximum Gasteiger partial charge on any atom is 0.435 e. The summed E-state index contributed by atoms with van der Waals surface area (Å²) in [6.45, 7) is 11.3. The molecule has 1 aromatic rings. The highest BCUT2D eigenvalue weighted by molar-refractivity contribution is 5.80. The Morgan fingerprint density at radius 2 is 1.83 bits per heavy atom. The van der Waals surface area contributed by atoms with Crippen LogP contribution < -0.4 is 16.0 Å². The normalized spacial score (nSPS) is 13.2. The molecule has 0 unspecified atom stereocenters. The molecule has 1 aromatic heterocycles. The molecule has 0 fully saturated rings. The van der Waals surface area contributed by atoms with Gasteiger partial charge in [-0.2, -0.15) is 18.3 Å². The first-order valence-electron chi connectivity index (χ1n) is 9.26. The summed E-state index contributed by atoms with van der Waals surface area (Å²) >= 11 is 0. The zero-order chi connectivity index (χ0) is 22.5. The lowest BCUT2D eigenvalue weighted by atomic mass is 10.1. The number of rotatable bonds is 6. The molecule has 166 valence electrons. The van der Waals surface area contributed by atoms with E-state index in [1.54, 1.807) is 34.6 Å². The smallest absolute Gasteiger partial charge is 0.435 e. The number of hydrogen-bond acceptors (Lipinski definition) is 4. The van der Waals surface area contributed by atoms with Crippen LogP contribution in [0.5, 0.6) is 0 Å². The first kappa shape index (κ1) is 24.6. The van der Waals surface area contributed by atoms with E-state index < -0.39 is 29.1 Å². The van der Waals surface area contributed by atoms with Gasteiger partial charge < -0.3 is 20.7 Å². The van der Waals surface area contributed by atoms with Crippen molar-refractivity contribution in [3.8, 4) is 0 Å². The minimum atomic E-state index is -4.54. The molecule has 1 rings (SSSR count). The number of nitrogens with one attached hydrogen (secondary N) is 3. The first-order chi connectivity index (χ1) is 13.1. The van der Waals surface area contributed by atoms with E-state index in [0.717, 1.165) is 4.68 Å². The molecule has 1 heterocycles. The van der Waals surface area contributed by atoms with Gasteiger partial charge in [0, 0.05) is 31.9 Å². The average molecular weight is 420 g/mol. The van der Waals surface area contributed by atoms with Crippen LogP contribution in [0.2, 0.25) is 0 Å². The number of aliphatic imine (C=N–C) groups is 1. The minimum Gasteiger partial charge on any atom is -0.444 e. The van der Waals surface area contributed by atoms with Crippen molar-refractivity contribution in [2.75, 3.05) is 13.1 Å². The van der Waals surface area contributed by atoms with Gasteiger partial charge in [0.2, 0.25) is 0 Å². The number of halogens is 3. The number of carbonyl (C=O) groups excluding carboxylic acids is 1. The molecule has 0 aliphatic carbocycles. The standard InChI is InChI=1S/C18H31F3N6O2/c1-8-22-14(23-9-12-10-27(7)26-13(12)18(19,20)21)24-11-17(5,6)25-15(28)29-16(2,3)4/h10H,8-9,11H2,1-7H3,(H,25,28)(H2,22,23,24). The van der Waals surface area contributed by atoms with Gasteiger partial charge in [0.15, 0.2) is 11.7 Å². The van der Waals surface area contributed by atoms with E-state index in [9.17, 15) is 18.0 Å². The van der Waals surface area contributed by atoms with E-state index in [2.05, 4.69) is 26.0 Å². The van der Waals surface area contributed by atoms with Crippen LogP contribution >= 0.6 is 0 Å². The maximum absolute atomic E-state index is 13.1. The molecule has 29 heavy (non-hydrogen) atoms. The maximum atomic E-state index is 13.1. The number of aryl methyl sites for hydroxylation is 1. The third-order valence-electron chi connectivity index (χ3n) is 3.46. The quantitative estimate of drug-likeness (QED) is 0.486. The van der Waals surface area contributed by atoms with Crippen LogP contribution in [-0.2, 0) is 24.5 Å². The van der Waals surface area contributed by atoms with Gasteiger partial charge in [0.05, 0.1) is 12.1 Å². The summed E-state index contributed by atoms with van der Waals surface area (Å²) in [5, 5.41) is 12.2. The Morgan fingerprint density at radius 1 is 1.21 bits per heavy atom. The molecule has 0 radical (unpaired) electrons. The van der Waals surface area contributed by atoms with Crippen molar-refractivity contribution >= 4 is 12.1 Å². The second kappa shape index (κ2) is 9.36. The number of nitrogens with zero attached hydrogens (tertiary/aromatic N) is 3. The molecular formula is C18H31F3N6O2. The van der Waals surface area contributed by atoms with Gasteiger partial charge in [-0.3, -0.25) is 4.68 Å². The van der Waals surface area contributed by atoms with E-state index in [0.29, 0.717) is 12.5 Å². The lowest BCUT2D eigenvalue weighted by Crippen LogP contribution is -2.54. The fourth-order valence-electron chi connectivity index (χ4n) is 2.33. The molecular weight excluding hydrogens is 389 g/mol. The lowest BCUT2D eigenvalue weighted by molar-refractivity contribution is -0.142. The SMILES string of the molecule is CCNC(=NCc1cn(C)nc1C(F)(F)F)NCC(C)(C)NC(=O)OC(C)(C)C. The predicted molar refractivity (Wildman–Crippen MR) is 104 cm³/mol. The molecule has 0 spiro atoms. The van der Waals surface area contributed by atoms with E-state index in [1.165, 1.54) is 13.2 Å². The monoisotopic (exact) mass is 420 g/mol. The van der Waals surface area contributed by atoms with Crippen molar-refractivity contribution in [1.29, 1.82) is 0 Å². The second-order valence-corrected chi connectivity index (χ2v) is 8.23. The van der Waals surface area contributed by atoms with Crippen molar-refractivity contribution in [1.82, 2.24) is 25.7 Å². The van der Waals surface area contributed by atoms with Crippen molar-refractivity contribution < 1.29 is 22.7 Å². The Morgan fingerprint density at radius 3 is 2.34 bits per heavy atom.